The normalized spacial score (nSPS) is 25.3. The Kier molecular flexibility index (Phi) is 8.33. The van der Waals surface area contributed by atoms with Crippen LogP contribution in [-0.4, -0.2) is 72.5 Å². The molecular formula is C35H44N4O6. The van der Waals surface area contributed by atoms with Crippen LogP contribution in [0.15, 0.2) is 41.0 Å². The van der Waals surface area contributed by atoms with Crippen molar-refractivity contribution in [1.29, 1.82) is 0 Å². The van der Waals surface area contributed by atoms with Gasteiger partial charge in [-0.15, -0.1) is 0 Å². The largest absolute Gasteiger partial charge is 0.497 e. The minimum atomic E-state index is -0.809. The first-order valence-corrected chi connectivity index (χ1v) is 16.6. The zero-order valence-electron chi connectivity index (χ0n) is 26.1. The molecule has 4 aliphatic rings. The van der Waals surface area contributed by atoms with Gasteiger partial charge in [-0.05, 0) is 67.5 Å². The molecule has 0 spiro atoms. The van der Waals surface area contributed by atoms with E-state index in [-0.39, 0.29) is 30.7 Å². The third-order valence-corrected chi connectivity index (χ3v) is 10.8. The van der Waals surface area contributed by atoms with Gasteiger partial charge in [0.25, 0.3) is 0 Å². The van der Waals surface area contributed by atoms with E-state index in [1.54, 1.807) is 19.4 Å². The van der Waals surface area contributed by atoms with E-state index in [2.05, 4.69) is 16.4 Å². The number of methoxy groups -OCH3 is 1. The van der Waals surface area contributed by atoms with Crippen LogP contribution in [0.3, 0.4) is 0 Å². The zero-order valence-corrected chi connectivity index (χ0v) is 26.1. The maximum Gasteiger partial charge on any atom is 0.228 e. The summed E-state index contributed by atoms with van der Waals surface area (Å²) in [7, 11) is 1.67. The van der Waals surface area contributed by atoms with E-state index < -0.39 is 17.4 Å². The number of amides is 3. The third kappa shape index (κ3) is 5.51. The summed E-state index contributed by atoms with van der Waals surface area (Å²) in [6.07, 6.45) is 9.18. The number of nitrogens with one attached hydrogen (secondary N) is 2. The Hall–Kier alpha value is -3.79. The van der Waals surface area contributed by atoms with Gasteiger partial charge in [-0.1, -0.05) is 25.7 Å². The van der Waals surface area contributed by atoms with Crippen LogP contribution in [0, 0.1) is 17.8 Å². The molecule has 0 radical (unpaired) electrons. The van der Waals surface area contributed by atoms with Crippen molar-refractivity contribution in [2.45, 2.75) is 69.9 Å². The minimum absolute atomic E-state index is 0.0255. The maximum absolute atomic E-state index is 14.7. The topological polar surface area (TPSA) is 117 Å². The Bertz CT molecular complexity index is 1540. The highest BCUT2D eigenvalue weighted by molar-refractivity contribution is 5.93. The number of ether oxygens (including phenoxy) is 2. The lowest BCUT2D eigenvalue weighted by molar-refractivity contribution is -0.169. The molecule has 45 heavy (non-hydrogen) atoms. The minimum Gasteiger partial charge on any atom is -0.497 e. The Morgan fingerprint density at radius 2 is 1.96 bits per heavy atom. The number of hydrogen-bond acceptors (Lipinski definition) is 6. The number of hydrogen-bond donors (Lipinski definition) is 2. The number of H-pyrrole nitrogens is 1. The molecule has 2 aromatic heterocycles. The number of aromatic amines is 1. The van der Waals surface area contributed by atoms with Crippen LogP contribution in [0.2, 0.25) is 0 Å². The predicted molar refractivity (Wildman–Crippen MR) is 167 cm³/mol. The Morgan fingerprint density at radius 1 is 1.13 bits per heavy atom. The number of furan rings is 1. The summed E-state index contributed by atoms with van der Waals surface area (Å²) in [6.45, 7) is 2.86. The maximum atomic E-state index is 14.7. The van der Waals surface area contributed by atoms with Crippen molar-refractivity contribution in [3.8, 4) is 5.75 Å². The quantitative estimate of drug-likeness (QED) is 0.365. The molecule has 7 rings (SSSR count). The summed E-state index contributed by atoms with van der Waals surface area (Å²) in [5.41, 5.74) is 2.35. The van der Waals surface area contributed by atoms with E-state index >= 15 is 0 Å². The van der Waals surface area contributed by atoms with Crippen LogP contribution in [-0.2, 0) is 37.6 Å². The van der Waals surface area contributed by atoms with Gasteiger partial charge in [0.05, 0.1) is 44.6 Å². The summed E-state index contributed by atoms with van der Waals surface area (Å²) in [6, 6.07) is 9.65. The van der Waals surface area contributed by atoms with Crippen LogP contribution in [0.25, 0.3) is 10.9 Å². The van der Waals surface area contributed by atoms with Crippen molar-refractivity contribution < 1.29 is 28.3 Å². The molecule has 10 nitrogen and oxygen atoms in total. The lowest BCUT2D eigenvalue weighted by Crippen LogP contribution is -2.66. The molecule has 240 valence electrons. The number of carbonyl (C=O) groups is 3. The first kappa shape index (κ1) is 29.9. The molecule has 1 unspecified atom stereocenters. The molecular weight excluding hydrogens is 572 g/mol. The summed E-state index contributed by atoms with van der Waals surface area (Å²) in [5, 5.41) is 4.01. The Labute approximate surface area is 263 Å². The molecule has 3 aromatic rings. The molecule has 2 N–H and O–H groups in total. The van der Waals surface area contributed by atoms with Crippen LogP contribution in [0.5, 0.6) is 5.75 Å². The monoisotopic (exact) mass is 616 g/mol. The predicted octanol–water partition coefficient (Wildman–Crippen LogP) is 4.52. The van der Waals surface area contributed by atoms with Crippen molar-refractivity contribution in [2.24, 2.45) is 17.8 Å². The summed E-state index contributed by atoms with van der Waals surface area (Å²) >= 11 is 0. The number of piperidine rings is 1. The molecule has 1 saturated carbocycles. The standard InChI is InChI=1S/C35H44N4O6/c1-43-25-8-9-30-28(21-25)27-11-13-39-33(41)24(20-31(40)36-22-26-7-4-16-45-26)19-29(34(42)38-14-17-44-18-15-38)35(39,32(27)37-30)12-10-23-5-2-3-6-23/h4,7-9,16,21,23-24,29,37H,2-3,5-6,10-15,17-20,22H2,1H3,(H,36,40)/t24?,29-,35+/m1/s1. The second kappa shape index (κ2) is 12.5. The smallest absolute Gasteiger partial charge is 0.228 e. The van der Waals surface area contributed by atoms with Gasteiger partial charge in [0.15, 0.2) is 0 Å². The lowest BCUT2D eigenvalue weighted by atomic mass is 9.64. The molecule has 3 aliphatic heterocycles. The molecule has 1 aliphatic carbocycles. The second-order valence-corrected chi connectivity index (χ2v) is 13.2. The fourth-order valence-corrected chi connectivity index (χ4v) is 8.54. The fraction of sp³-hybridized carbons (Fsp3) is 0.571. The van der Waals surface area contributed by atoms with Crippen LogP contribution in [0.1, 0.15) is 68.4 Å². The molecule has 1 aromatic carbocycles. The van der Waals surface area contributed by atoms with Gasteiger partial charge in [0, 0.05) is 48.6 Å². The molecule has 0 bridgehead atoms. The average molecular weight is 617 g/mol. The number of aromatic nitrogens is 1. The Morgan fingerprint density at radius 3 is 2.71 bits per heavy atom. The van der Waals surface area contributed by atoms with Crippen LogP contribution in [0.4, 0.5) is 0 Å². The Balaban J connectivity index is 1.29. The molecule has 3 atom stereocenters. The second-order valence-electron chi connectivity index (χ2n) is 13.2. The molecule has 3 fully saturated rings. The summed E-state index contributed by atoms with van der Waals surface area (Å²) in [5.74, 6) is 0.798. The van der Waals surface area contributed by atoms with Crippen molar-refractivity contribution in [1.82, 2.24) is 20.1 Å². The van der Waals surface area contributed by atoms with Gasteiger partial charge in [-0.25, -0.2) is 0 Å². The van der Waals surface area contributed by atoms with Crippen LogP contribution < -0.4 is 10.1 Å². The average Bonchev–Trinajstić information content (AvgIpc) is 3.86. The number of rotatable bonds is 9. The molecule has 3 amide bonds. The molecule has 5 heterocycles. The number of fused-ring (bicyclic) bond motifs is 5. The van der Waals surface area contributed by atoms with Gasteiger partial charge in [-0.3, -0.25) is 14.4 Å². The van der Waals surface area contributed by atoms with Gasteiger partial charge >= 0.3 is 0 Å². The first-order valence-electron chi connectivity index (χ1n) is 16.6. The lowest BCUT2D eigenvalue weighted by Gasteiger charge is -2.56. The number of benzene rings is 1. The van der Waals surface area contributed by atoms with E-state index in [9.17, 15) is 14.4 Å². The zero-order chi connectivity index (χ0) is 31.0. The van der Waals surface area contributed by atoms with Gasteiger partial charge in [-0.2, -0.15) is 0 Å². The number of morpholine rings is 1. The van der Waals surface area contributed by atoms with Crippen molar-refractivity contribution in [2.75, 3.05) is 40.0 Å². The highest BCUT2D eigenvalue weighted by Crippen LogP contribution is 2.54. The fourth-order valence-electron chi connectivity index (χ4n) is 8.54. The van der Waals surface area contributed by atoms with Crippen LogP contribution >= 0.6 is 0 Å². The number of carbonyl (C=O) groups excluding carboxylic acids is 3. The third-order valence-electron chi connectivity index (χ3n) is 10.8. The SMILES string of the molecule is COc1ccc2[nH]c3c(c2c1)CCN1C(=O)C(CC(=O)NCc2ccco2)C[C@H](C(=O)N2CCOCC2)[C@@]31CCC1CCCC1. The summed E-state index contributed by atoms with van der Waals surface area (Å²) in [4.78, 5) is 50.2. The van der Waals surface area contributed by atoms with E-state index in [4.69, 9.17) is 13.9 Å². The van der Waals surface area contributed by atoms with E-state index in [1.165, 1.54) is 31.2 Å². The highest BCUT2D eigenvalue weighted by Gasteiger charge is 2.59. The summed E-state index contributed by atoms with van der Waals surface area (Å²) < 4.78 is 16.6. The first-order chi connectivity index (χ1) is 22.0. The highest BCUT2D eigenvalue weighted by atomic mass is 16.5. The van der Waals surface area contributed by atoms with E-state index in [0.29, 0.717) is 57.4 Å². The van der Waals surface area contributed by atoms with E-state index in [1.807, 2.05) is 28.0 Å². The van der Waals surface area contributed by atoms with Gasteiger partial charge in [0.1, 0.15) is 11.5 Å². The number of nitrogens with zero attached hydrogens (tertiary/aromatic N) is 2. The molecule has 2 saturated heterocycles. The van der Waals surface area contributed by atoms with Crippen molar-refractivity contribution in [3.05, 3.63) is 53.6 Å². The van der Waals surface area contributed by atoms with Crippen molar-refractivity contribution >= 4 is 28.6 Å². The van der Waals surface area contributed by atoms with Gasteiger partial charge in [0.2, 0.25) is 17.7 Å². The molecule has 10 heteroatoms. The van der Waals surface area contributed by atoms with Gasteiger partial charge < -0.3 is 34.0 Å². The van der Waals surface area contributed by atoms with Crippen molar-refractivity contribution in [3.63, 3.8) is 0 Å². The van der Waals surface area contributed by atoms with E-state index in [0.717, 1.165) is 35.2 Å².